The van der Waals surface area contributed by atoms with Crippen LogP contribution in [-0.4, -0.2) is 23.9 Å². The Bertz CT molecular complexity index is 1840. The minimum absolute atomic E-state index is 0. The first-order chi connectivity index (χ1) is 21.0. The van der Waals surface area contributed by atoms with Gasteiger partial charge in [-0.25, -0.2) is 0 Å². The average Bonchev–Trinajstić information content (AvgIpc) is 3.70. The number of hydrogen-bond acceptors (Lipinski definition) is 4. The van der Waals surface area contributed by atoms with Crippen LogP contribution in [0.2, 0.25) is 0 Å². The Balaban J connectivity index is 0.000000192. The Kier molecular flexibility index (Phi) is 9.08. The van der Waals surface area contributed by atoms with Gasteiger partial charge in [-0.15, -0.1) is 46.2 Å². The fourth-order valence-electron chi connectivity index (χ4n) is 5.74. The van der Waals surface area contributed by atoms with Gasteiger partial charge in [0.25, 0.3) is 0 Å². The van der Waals surface area contributed by atoms with Gasteiger partial charge in [0.1, 0.15) is 0 Å². The normalized spacial score (nSPS) is 14.4. The minimum Gasteiger partial charge on any atom is -0.657 e. The molecule has 232 valence electrons. The van der Waals surface area contributed by atoms with Gasteiger partial charge in [0.2, 0.25) is 0 Å². The van der Waals surface area contributed by atoms with Crippen LogP contribution in [0.15, 0.2) is 91.5 Å². The molecule has 9 heteroatoms. The molecule has 7 rings (SSSR count). The zero-order valence-corrected chi connectivity index (χ0v) is 27.8. The van der Waals surface area contributed by atoms with Crippen LogP contribution in [0.1, 0.15) is 22.3 Å². The fourth-order valence-corrected chi connectivity index (χ4v) is 5.74. The third kappa shape index (κ3) is 6.76. The number of aryl methyl sites for hydroxylation is 3. The zero-order valence-electron chi connectivity index (χ0n) is 25.5. The predicted molar refractivity (Wildman–Crippen MR) is 172 cm³/mol. The molecule has 0 saturated heterocycles. The smallest absolute Gasteiger partial charge is 0.657 e. The average molecular weight is 787 g/mol. The van der Waals surface area contributed by atoms with Crippen LogP contribution in [0.3, 0.4) is 0 Å². The summed E-state index contributed by atoms with van der Waals surface area (Å²) in [7, 11) is 4.06. The molecule has 5 nitrogen and oxygen atoms in total. The molecule has 0 spiro atoms. The monoisotopic (exact) mass is 786 g/mol. The van der Waals surface area contributed by atoms with Crippen molar-refractivity contribution in [2.45, 2.75) is 26.9 Å². The van der Waals surface area contributed by atoms with E-state index in [1.54, 1.807) is 18.2 Å². The second kappa shape index (κ2) is 12.7. The Morgan fingerprint density at radius 3 is 1.78 bits per heavy atom. The molecular weight excluding hydrogens is 755 g/mol. The summed E-state index contributed by atoms with van der Waals surface area (Å²) in [6.45, 7) is 10.7. The zero-order chi connectivity index (χ0) is 31.2. The van der Waals surface area contributed by atoms with Crippen LogP contribution in [-0.2, 0) is 27.2 Å². The molecule has 2 aliphatic heterocycles. The maximum Gasteiger partial charge on any atom is 4.00 e. The van der Waals surface area contributed by atoms with Crippen molar-refractivity contribution in [3.63, 3.8) is 0 Å². The summed E-state index contributed by atoms with van der Waals surface area (Å²) >= 11 is 0. The quantitative estimate of drug-likeness (QED) is 0.171. The molecule has 0 amide bonds. The van der Waals surface area contributed by atoms with Crippen LogP contribution in [0.25, 0.3) is 32.9 Å². The van der Waals surface area contributed by atoms with E-state index < -0.39 is 11.7 Å². The van der Waals surface area contributed by atoms with Gasteiger partial charge < -0.3 is 24.6 Å². The van der Waals surface area contributed by atoms with Gasteiger partial charge in [-0.3, -0.25) is 0 Å². The van der Waals surface area contributed by atoms with Gasteiger partial charge in [0, 0.05) is 0 Å². The van der Waals surface area contributed by atoms with E-state index in [-0.39, 0.29) is 21.1 Å². The molecule has 0 unspecified atom stereocenters. The Morgan fingerprint density at radius 1 is 0.689 bits per heavy atom. The van der Waals surface area contributed by atoms with Crippen molar-refractivity contribution in [3.05, 3.63) is 133 Å². The standard InChI is InChI=1S/C23H25N4.C13H7F3N.Pt/c1-17-10-18(2)23(19(3)11-17)20-12-21(26-8-6-24(4)15-26)14-22(13-20)27-9-7-25(5)16-27;14-13(15,16)8-5-6-12-10(7-8)9-3-1-2-4-11(9)17-12;/h6-13,15-16H,1-5H3;1-7H;/q-3;-1;+4. The van der Waals surface area contributed by atoms with Crippen molar-refractivity contribution in [3.8, 4) is 11.1 Å². The molecule has 5 aromatic rings. The summed E-state index contributed by atoms with van der Waals surface area (Å²) in [6, 6.07) is 23.3. The van der Waals surface area contributed by atoms with E-state index in [9.17, 15) is 13.2 Å². The van der Waals surface area contributed by atoms with Gasteiger partial charge in [0.15, 0.2) is 0 Å². The minimum atomic E-state index is -4.31. The molecule has 4 aromatic carbocycles. The second-order valence-electron chi connectivity index (χ2n) is 11.2. The summed E-state index contributed by atoms with van der Waals surface area (Å²) in [5.74, 6) is 0. The van der Waals surface area contributed by atoms with Crippen LogP contribution >= 0.6 is 0 Å². The molecule has 0 saturated carbocycles. The maximum atomic E-state index is 12.6. The first-order valence-corrected chi connectivity index (χ1v) is 14.2. The number of anilines is 2. The Morgan fingerprint density at radius 2 is 1.24 bits per heavy atom. The summed E-state index contributed by atoms with van der Waals surface area (Å²) in [5.41, 5.74) is 9.14. The van der Waals surface area contributed by atoms with Crippen molar-refractivity contribution >= 4 is 33.2 Å². The molecule has 0 fully saturated rings. The van der Waals surface area contributed by atoms with E-state index in [0.717, 1.165) is 34.4 Å². The third-order valence-corrected chi connectivity index (χ3v) is 7.66. The van der Waals surface area contributed by atoms with Crippen molar-refractivity contribution < 1.29 is 34.2 Å². The number of nitrogens with zero attached hydrogens (tertiary/aromatic N) is 5. The van der Waals surface area contributed by atoms with Crippen LogP contribution in [0, 0.1) is 40.2 Å². The summed E-state index contributed by atoms with van der Waals surface area (Å²) < 4.78 is 37.8. The number of benzene rings is 4. The van der Waals surface area contributed by atoms with Crippen molar-refractivity contribution in [2.24, 2.45) is 0 Å². The van der Waals surface area contributed by atoms with Crippen molar-refractivity contribution in [2.75, 3.05) is 23.9 Å². The van der Waals surface area contributed by atoms with E-state index >= 15 is 0 Å². The third-order valence-electron chi connectivity index (χ3n) is 7.66. The SMILES string of the molecule is Cc1cc(C)c(-c2cc(N3C=CN(C)[CH-]3)[c-]c(N3C=CN(C)[CH-]3)c2)c(C)c1.FC(F)(F)c1ccc2[n-]c3ccccc3c2c1.[Pt+4]. The van der Waals surface area contributed by atoms with Crippen LogP contribution in [0.4, 0.5) is 24.5 Å². The molecule has 2 aliphatic rings. The summed E-state index contributed by atoms with van der Waals surface area (Å²) in [5, 5.41) is 1.31. The van der Waals surface area contributed by atoms with Crippen molar-refractivity contribution in [1.82, 2.24) is 14.8 Å². The Labute approximate surface area is 276 Å². The fraction of sp³-hybridized carbons (Fsp3) is 0.167. The van der Waals surface area contributed by atoms with E-state index in [4.69, 9.17) is 0 Å². The second-order valence-corrected chi connectivity index (χ2v) is 11.2. The molecule has 45 heavy (non-hydrogen) atoms. The van der Waals surface area contributed by atoms with Gasteiger partial charge in [-0.05, 0) is 93.2 Å². The molecule has 0 aliphatic carbocycles. The summed E-state index contributed by atoms with van der Waals surface area (Å²) in [6.07, 6.45) is 3.89. The first-order valence-electron chi connectivity index (χ1n) is 14.2. The molecular formula is C36H32F3N5Pt. The number of hydrogen-bond donors (Lipinski definition) is 0. The van der Waals surface area contributed by atoms with Crippen molar-refractivity contribution in [1.29, 1.82) is 0 Å². The van der Waals surface area contributed by atoms with Gasteiger partial charge in [0.05, 0.1) is 5.56 Å². The molecule has 0 bridgehead atoms. The largest absolute Gasteiger partial charge is 4.00 e. The number of halogens is 3. The van der Waals surface area contributed by atoms with Crippen LogP contribution in [0.5, 0.6) is 0 Å². The number of alkyl halides is 3. The van der Waals surface area contributed by atoms with E-state index in [2.05, 4.69) is 91.6 Å². The predicted octanol–water partition coefficient (Wildman–Crippen LogP) is 8.73. The molecule has 0 radical (unpaired) electrons. The molecule has 0 atom stereocenters. The van der Waals surface area contributed by atoms with E-state index in [1.165, 1.54) is 33.9 Å². The Hall–Kier alpha value is -4.16. The van der Waals surface area contributed by atoms with E-state index in [0.29, 0.717) is 10.9 Å². The molecule has 0 N–H and O–H groups in total. The molecule has 3 heterocycles. The van der Waals surface area contributed by atoms with Crippen LogP contribution < -0.4 is 14.8 Å². The number of para-hydroxylation sites is 1. The van der Waals surface area contributed by atoms with Gasteiger partial charge in [-0.1, -0.05) is 54.1 Å². The van der Waals surface area contributed by atoms with Gasteiger partial charge in [-0.2, -0.15) is 26.5 Å². The van der Waals surface area contributed by atoms with E-state index in [1.807, 2.05) is 42.4 Å². The maximum absolute atomic E-state index is 12.6. The number of rotatable bonds is 3. The number of fused-ring (bicyclic) bond motifs is 3. The van der Waals surface area contributed by atoms with Gasteiger partial charge >= 0.3 is 27.2 Å². The number of aromatic nitrogens is 1. The topological polar surface area (TPSA) is 27.1 Å². The molecule has 1 aromatic heterocycles. The summed E-state index contributed by atoms with van der Waals surface area (Å²) in [4.78, 5) is 12.6. The first kappa shape index (κ1) is 32.2.